The number of ether oxygens (including phenoxy) is 1. The van der Waals surface area contributed by atoms with Gasteiger partial charge in [-0.15, -0.1) is 0 Å². The van der Waals surface area contributed by atoms with E-state index in [9.17, 15) is 14.4 Å². The third-order valence-corrected chi connectivity index (χ3v) is 7.11. The summed E-state index contributed by atoms with van der Waals surface area (Å²) in [5.74, 6) is -0.287. The highest BCUT2D eigenvalue weighted by Crippen LogP contribution is 2.34. The number of methoxy groups -OCH3 is 1. The van der Waals surface area contributed by atoms with E-state index in [1.54, 1.807) is 60.5 Å². The fourth-order valence-corrected chi connectivity index (χ4v) is 4.94. The first-order chi connectivity index (χ1) is 17.4. The van der Waals surface area contributed by atoms with E-state index in [1.165, 1.54) is 4.90 Å². The third-order valence-electron chi connectivity index (χ3n) is 6.41. The van der Waals surface area contributed by atoms with Crippen LogP contribution in [0.5, 0.6) is 5.75 Å². The topological polar surface area (TPSA) is 66.9 Å². The van der Waals surface area contributed by atoms with Crippen LogP contribution in [0.15, 0.2) is 83.3 Å². The highest BCUT2D eigenvalue weighted by Gasteiger charge is 2.33. The van der Waals surface area contributed by atoms with E-state index < -0.39 is 0 Å². The monoisotopic (exact) mass is 542 g/mol. The van der Waals surface area contributed by atoms with Crippen molar-refractivity contribution in [3.05, 3.63) is 106 Å². The second-order valence-corrected chi connectivity index (χ2v) is 9.46. The molecule has 0 N–H and O–H groups in total. The second-order valence-electron chi connectivity index (χ2n) is 8.61. The van der Waals surface area contributed by atoms with Crippen LogP contribution in [0.1, 0.15) is 36.6 Å². The van der Waals surface area contributed by atoms with Crippen LogP contribution in [-0.2, 0) is 0 Å². The molecule has 180 valence electrons. The maximum absolute atomic E-state index is 13.5. The van der Waals surface area contributed by atoms with Gasteiger partial charge in [-0.2, -0.15) is 0 Å². The van der Waals surface area contributed by atoms with Gasteiger partial charge in [-0.1, -0.05) is 45.8 Å². The maximum Gasteiger partial charge on any atom is 0.261 e. The van der Waals surface area contributed by atoms with Crippen LogP contribution >= 0.6 is 15.9 Å². The van der Waals surface area contributed by atoms with Gasteiger partial charge in [0.25, 0.3) is 17.7 Å². The average Bonchev–Trinajstić information content (AvgIpc) is 2.90. The summed E-state index contributed by atoms with van der Waals surface area (Å²) in [5.41, 5.74) is 3.16. The van der Waals surface area contributed by atoms with Crippen molar-refractivity contribution in [2.45, 2.75) is 6.92 Å². The zero-order chi connectivity index (χ0) is 25.4. The molecule has 6 nitrogen and oxygen atoms in total. The molecule has 0 spiro atoms. The fraction of sp³-hybridized carbons (Fsp3) is 0.138. The van der Waals surface area contributed by atoms with Crippen LogP contribution in [0.3, 0.4) is 0 Å². The van der Waals surface area contributed by atoms with Gasteiger partial charge in [-0.3, -0.25) is 19.3 Å². The van der Waals surface area contributed by atoms with E-state index in [1.807, 2.05) is 37.3 Å². The van der Waals surface area contributed by atoms with Crippen LogP contribution in [0.4, 0.5) is 5.69 Å². The Labute approximate surface area is 217 Å². The highest BCUT2D eigenvalue weighted by molar-refractivity contribution is 9.10. The molecule has 0 saturated carbocycles. The van der Waals surface area contributed by atoms with E-state index in [-0.39, 0.29) is 30.8 Å². The number of nitrogens with zero attached hydrogens (tertiary/aromatic N) is 2. The molecule has 0 saturated heterocycles. The smallest absolute Gasteiger partial charge is 0.261 e. The van der Waals surface area contributed by atoms with Crippen LogP contribution in [0, 0.1) is 6.92 Å². The SMILES string of the molecule is COc1ccc(N(CCN2C(=O)c3cccc4c(Br)ccc(c34)C2=O)C(=O)c2ccc(C)cc2)cc1. The first kappa shape index (κ1) is 23.8. The highest BCUT2D eigenvalue weighted by atomic mass is 79.9. The number of hydrogen-bond acceptors (Lipinski definition) is 4. The van der Waals surface area contributed by atoms with Gasteiger partial charge in [0.2, 0.25) is 0 Å². The average molecular weight is 543 g/mol. The minimum Gasteiger partial charge on any atom is -0.497 e. The van der Waals surface area contributed by atoms with Crippen LogP contribution < -0.4 is 9.64 Å². The Morgan fingerprint density at radius 2 is 1.56 bits per heavy atom. The lowest BCUT2D eigenvalue weighted by molar-refractivity contribution is 0.0611. The number of aryl methyl sites for hydroxylation is 1. The number of hydrogen-bond donors (Lipinski definition) is 0. The molecule has 0 radical (unpaired) electrons. The number of carbonyl (C=O) groups is 3. The molecule has 0 aliphatic carbocycles. The zero-order valence-corrected chi connectivity index (χ0v) is 21.4. The summed E-state index contributed by atoms with van der Waals surface area (Å²) in [6, 6.07) is 23.4. The van der Waals surface area contributed by atoms with Crippen molar-refractivity contribution >= 4 is 50.1 Å². The Morgan fingerprint density at radius 3 is 2.22 bits per heavy atom. The molecule has 1 heterocycles. The summed E-state index contributed by atoms with van der Waals surface area (Å²) in [6.45, 7) is 2.14. The number of rotatable bonds is 6. The zero-order valence-electron chi connectivity index (χ0n) is 19.8. The molecule has 4 aromatic carbocycles. The molecule has 1 aliphatic rings. The molecule has 0 unspecified atom stereocenters. The van der Waals surface area contributed by atoms with Gasteiger partial charge in [0.05, 0.1) is 7.11 Å². The van der Waals surface area contributed by atoms with Crippen LogP contribution in [-0.4, -0.2) is 42.8 Å². The molecule has 0 atom stereocenters. The number of halogens is 1. The van der Waals surface area contributed by atoms with Gasteiger partial charge in [-0.25, -0.2) is 0 Å². The molecule has 0 fully saturated rings. The molecule has 0 bridgehead atoms. The van der Waals surface area contributed by atoms with Gasteiger partial charge >= 0.3 is 0 Å². The summed E-state index contributed by atoms with van der Waals surface area (Å²) in [6.07, 6.45) is 0. The Hall–Kier alpha value is -3.97. The molecule has 0 aromatic heterocycles. The lowest BCUT2D eigenvalue weighted by Crippen LogP contribution is -2.46. The summed E-state index contributed by atoms with van der Waals surface area (Å²) in [4.78, 5) is 43.2. The van der Waals surface area contributed by atoms with Crippen molar-refractivity contribution in [2.75, 3.05) is 25.1 Å². The standard InChI is InChI=1S/C29H23BrN2O4/c1-18-6-8-19(9-7-18)27(33)31(20-10-12-21(36-2)13-11-20)16-17-32-28(34)23-5-3-4-22-25(30)15-14-24(26(22)23)29(32)35/h3-15H,16-17H2,1-2H3. The fourth-order valence-electron chi connectivity index (χ4n) is 4.48. The molecule has 36 heavy (non-hydrogen) atoms. The number of imide groups is 1. The van der Waals surface area contributed by atoms with Crippen LogP contribution in [0.25, 0.3) is 10.8 Å². The van der Waals surface area contributed by atoms with Crippen LogP contribution in [0.2, 0.25) is 0 Å². The van der Waals surface area contributed by atoms with E-state index in [0.29, 0.717) is 33.5 Å². The summed E-state index contributed by atoms with van der Waals surface area (Å²) < 4.78 is 6.08. The van der Waals surface area contributed by atoms with Crippen molar-refractivity contribution in [1.82, 2.24) is 4.90 Å². The van der Waals surface area contributed by atoms with Gasteiger partial charge in [0.15, 0.2) is 0 Å². The number of anilines is 1. The van der Waals surface area contributed by atoms with E-state index in [2.05, 4.69) is 15.9 Å². The van der Waals surface area contributed by atoms with Gasteiger partial charge in [0.1, 0.15) is 5.75 Å². The largest absolute Gasteiger partial charge is 0.497 e. The quantitative estimate of drug-likeness (QED) is 0.286. The van der Waals surface area contributed by atoms with Crippen molar-refractivity contribution in [1.29, 1.82) is 0 Å². The molecular weight excluding hydrogens is 520 g/mol. The molecule has 3 amide bonds. The number of amides is 3. The second kappa shape index (κ2) is 9.59. The Morgan fingerprint density at radius 1 is 0.889 bits per heavy atom. The summed E-state index contributed by atoms with van der Waals surface area (Å²) >= 11 is 3.51. The molecule has 1 aliphatic heterocycles. The summed E-state index contributed by atoms with van der Waals surface area (Å²) in [5, 5.41) is 1.47. The lowest BCUT2D eigenvalue weighted by Gasteiger charge is -2.30. The predicted octanol–water partition coefficient (Wildman–Crippen LogP) is 5.86. The number of benzene rings is 4. The Bertz CT molecular complexity index is 1470. The Kier molecular flexibility index (Phi) is 6.33. The minimum atomic E-state index is -0.367. The van der Waals surface area contributed by atoms with Gasteiger partial charge < -0.3 is 9.64 Å². The third kappa shape index (κ3) is 4.16. The van der Waals surface area contributed by atoms with Crippen molar-refractivity contribution in [3.63, 3.8) is 0 Å². The lowest BCUT2D eigenvalue weighted by atomic mass is 9.94. The van der Waals surface area contributed by atoms with Crippen molar-refractivity contribution < 1.29 is 19.1 Å². The first-order valence-electron chi connectivity index (χ1n) is 11.5. The first-order valence-corrected chi connectivity index (χ1v) is 12.3. The van der Waals surface area contributed by atoms with E-state index in [0.717, 1.165) is 15.4 Å². The van der Waals surface area contributed by atoms with Gasteiger partial charge in [-0.05, 0) is 66.9 Å². The minimum absolute atomic E-state index is 0.0488. The normalized spacial score (nSPS) is 12.7. The molecule has 5 rings (SSSR count). The Balaban J connectivity index is 1.47. The maximum atomic E-state index is 13.5. The molecular formula is C29H23BrN2O4. The predicted molar refractivity (Wildman–Crippen MR) is 143 cm³/mol. The van der Waals surface area contributed by atoms with E-state index in [4.69, 9.17) is 4.74 Å². The molecule has 4 aromatic rings. The summed E-state index contributed by atoms with van der Waals surface area (Å²) in [7, 11) is 1.58. The molecule has 7 heteroatoms. The van der Waals surface area contributed by atoms with Gasteiger partial charge in [0, 0.05) is 45.3 Å². The van der Waals surface area contributed by atoms with Crippen molar-refractivity contribution in [3.8, 4) is 5.75 Å². The van der Waals surface area contributed by atoms with Crippen molar-refractivity contribution in [2.24, 2.45) is 0 Å². The number of carbonyl (C=O) groups excluding carboxylic acids is 3. The van der Waals surface area contributed by atoms with E-state index >= 15 is 0 Å².